The summed E-state index contributed by atoms with van der Waals surface area (Å²) in [4.78, 5) is 9.98. The minimum absolute atomic E-state index is 0.0234. The molecule has 1 atom stereocenters. The maximum Gasteiger partial charge on any atom is 0.269 e. The molecule has 0 heterocycles. The monoisotopic (exact) mass is 367 g/mol. The molecule has 0 saturated heterocycles. The number of hydrogen-bond acceptors (Lipinski definition) is 5. The maximum absolute atomic E-state index is 13.3. The van der Waals surface area contributed by atoms with Gasteiger partial charge in [-0.05, 0) is 36.2 Å². The zero-order valence-electron chi connectivity index (χ0n) is 13.7. The summed E-state index contributed by atoms with van der Waals surface area (Å²) in [5, 5.41) is 10.7. The number of non-ortho nitro benzene ring substituents is 1. The summed E-state index contributed by atoms with van der Waals surface area (Å²) in [5.74, 6) is -0.359. The van der Waals surface area contributed by atoms with Gasteiger partial charge in [0.15, 0.2) is 0 Å². The number of sulfonamides is 1. The fourth-order valence-corrected chi connectivity index (χ4v) is 3.50. The van der Waals surface area contributed by atoms with Crippen molar-refractivity contribution in [2.45, 2.75) is 17.9 Å². The van der Waals surface area contributed by atoms with Crippen molar-refractivity contribution in [3.05, 3.63) is 69.5 Å². The van der Waals surface area contributed by atoms with E-state index in [-0.39, 0.29) is 22.9 Å². The van der Waals surface area contributed by atoms with Crippen LogP contribution in [0.3, 0.4) is 0 Å². The Bertz CT molecular complexity index is 885. The Hall–Kier alpha value is -2.36. The minimum Gasteiger partial charge on any atom is -0.323 e. The van der Waals surface area contributed by atoms with E-state index < -0.39 is 21.0 Å². The summed E-state index contributed by atoms with van der Waals surface area (Å²) in [6.07, 6.45) is 0. The van der Waals surface area contributed by atoms with Crippen LogP contribution >= 0.6 is 0 Å². The average molecular weight is 367 g/mol. The molecule has 134 valence electrons. The number of likely N-dealkylation sites (N-methyl/N-ethyl adjacent to an activating group) is 1. The van der Waals surface area contributed by atoms with Crippen LogP contribution in [0, 0.1) is 22.9 Å². The van der Waals surface area contributed by atoms with Gasteiger partial charge >= 0.3 is 0 Å². The summed E-state index contributed by atoms with van der Waals surface area (Å²) in [7, 11) is -2.48. The molecule has 0 aliphatic heterocycles. The second kappa shape index (κ2) is 7.26. The molecule has 0 aliphatic rings. The van der Waals surface area contributed by atoms with Crippen molar-refractivity contribution in [3.63, 3.8) is 0 Å². The van der Waals surface area contributed by atoms with E-state index in [1.165, 1.54) is 31.3 Å². The van der Waals surface area contributed by atoms with Crippen molar-refractivity contribution in [1.82, 2.24) is 4.31 Å². The Kier molecular flexibility index (Phi) is 5.51. The standard InChI is InChI=1S/C16H18FN3O4S/c1-11-9-12(3-8-15(11)17)16(18)10-19(2)25(23,24)14-6-4-13(5-7-14)20(21)22/h3-9,16H,10,18H2,1-2H3/t16-/m1/s1. The second-order valence-corrected chi connectivity index (χ2v) is 7.70. The lowest BCUT2D eigenvalue weighted by atomic mass is 10.0. The molecule has 25 heavy (non-hydrogen) atoms. The third-order valence-electron chi connectivity index (χ3n) is 3.82. The van der Waals surface area contributed by atoms with Gasteiger partial charge in [0.05, 0.1) is 9.82 Å². The largest absolute Gasteiger partial charge is 0.323 e. The molecule has 9 heteroatoms. The van der Waals surface area contributed by atoms with Gasteiger partial charge < -0.3 is 5.73 Å². The van der Waals surface area contributed by atoms with E-state index in [1.807, 2.05) is 0 Å². The quantitative estimate of drug-likeness (QED) is 0.623. The molecule has 0 spiro atoms. The van der Waals surface area contributed by atoms with Gasteiger partial charge in [-0.3, -0.25) is 10.1 Å². The number of nitro benzene ring substituents is 1. The first kappa shape index (κ1) is 19.0. The van der Waals surface area contributed by atoms with Gasteiger partial charge in [0.1, 0.15) is 5.82 Å². The highest BCUT2D eigenvalue weighted by atomic mass is 32.2. The highest BCUT2D eigenvalue weighted by Gasteiger charge is 2.24. The molecule has 0 unspecified atom stereocenters. The van der Waals surface area contributed by atoms with Crippen LogP contribution in [0.5, 0.6) is 0 Å². The van der Waals surface area contributed by atoms with Crippen LogP contribution in [0.1, 0.15) is 17.2 Å². The highest BCUT2D eigenvalue weighted by Crippen LogP contribution is 2.21. The predicted molar refractivity (Wildman–Crippen MR) is 91.0 cm³/mol. The van der Waals surface area contributed by atoms with Crippen LogP contribution in [-0.4, -0.2) is 31.2 Å². The first-order valence-corrected chi connectivity index (χ1v) is 8.79. The number of benzene rings is 2. The van der Waals surface area contributed by atoms with E-state index in [0.717, 1.165) is 16.4 Å². The van der Waals surface area contributed by atoms with Crippen LogP contribution in [0.25, 0.3) is 0 Å². The van der Waals surface area contributed by atoms with Crippen molar-refractivity contribution in [1.29, 1.82) is 0 Å². The van der Waals surface area contributed by atoms with Crippen molar-refractivity contribution >= 4 is 15.7 Å². The van der Waals surface area contributed by atoms with Crippen molar-refractivity contribution < 1.29 is 17.7 Å². The van der Waals surface area contributed by atoms with Crippen LogP contribution in [0.2, 0.25) is 0 Å². The molecule has 7 nitrogen and oxygen atoms in total. The Morgan fingerprint density at radius 2 is 1.84 bits per heavy atom. The molecule has 2 aromatic carbocycles. The topological polar surface area (TPSA) is 107 Å². The molecule has 0 bridgehead atoms. The molecule has 0 aliphatic carbocycles. The van der Waals surface area contributed by atoms with Crippen LogP contribution in [-0.2, 0) is 10.0 Å². The van der Waals surface area contributed by atoms with Crippen molar-refractivity contribution in [2.24, 2.45) is 5.73 Å². The van der Waals surface area contributed by atoms with Gasteiger partial charge in [0.2, 0.25) is 10.0 Å². The smallest absolute Gasteiger partial charge is 0.269 e. The van der Waals surface area contributed by atoms with Crippen LogP contribution < -0.4 is 5.73 Å². The van der Waals surface area contributed by atoms with E-state index >= 15 is 0 Å². The summed E-state index contributed by atoms with van der Waals surface area (Å²) >= 11 is 0. The van der Waals surface area contributed by atoms with Gasteiger partial charge in [-0.1, -0.05) is 12.1 Å². The molecule has 2 N–H and O–H groups in total. The normalized spacial score (nSPS) is 13.0. The van der Waals surface area contributed by atoms with Crippen LogP contribution in [0.15, 0.2) is 47.4 Å². The van der Waals surface area contributed by atoms with Crippen molar-refractivity contribution in [3.8, 4) is 0 Å². The molecule has 0 aromatic heterocycles. The molecule has 0 radical (unpaired) electrons. The molecule has 0 fully saturated rings. The Balaban J connectivity index is 2.18. The van der Waals surface area contributed by atoms with Gasteiger partial charge in [0.25, 0.3) is 5.69 Å². The van der Waals surface area contributed by atoms with Gasteiger partial charge in [-0.2, -0.15) is 4.31 Å². The first-order chi connectivity index (χ1) is 11.6. The molecule has 2 rings (SSSR count). The lowest BCUT2D eigenvalue weighted by Gasteiger charge is -2.22. The Morgan fingerprint density at radius 1 is 1.24 bits per heavy atom. The van der Waals surface area contributed by atoms with E-state index in [1.54, 1.807) is 13.0 Å². The zero-order chi connectivity index (χ0) is 18.8. The maximum atomic E-state index is 13.3. The van der Waals surface area contributed by atoms with Gasteiger partial charge in [-0.15, -0.1) is 0 Å². The van der Waals surface area contributed by atoms with Crippen LogP contribution in [0.4, 0.5) is 10.1 Å². The lowest BCUT2D eigenvalue weighted by molar-refractivity contribution is -0.384. The fraction of sp³-hybridized carbons (Fsp3) is 0.250. The number of aryl methyl sites for hydroxylation is 1. The fourth-order valence-electron chi connectivity index (χ4n) is 2.30. The molecular weight excluding hydrogens is 349 g/mol. The van der Waals surface area contributed by atoms with Gasteiger partial charge in [0, 0.05) is 31.8 Å². The number of rotatable bonds is 6. The third kappa shape index (κ3) is 4.19. The summed E-state index contributed by atoms with van der Waals surface area (Å²) < 4.78 is 39.5. The lowest BCUT2D eigenvalue weighted by Crippen LogP contribution is -2.34. The minimum atomic E-state index is -3.85. The number of hydrogen-bond donors (Lipinski definition) is 1. The van der Waals surface area contributed by atoms with E-state index in [9.17, 15) is 22.9 Å². The van der Waals surface area contributed by atoms with Crippen molar-refractivity contribution in [2.75, 3.05) is 13.6 Å². The molecule has 0 saturated carbocycles. The summed E-state index contributed by atoms with van der Waals surface area (Å²) in [6, 6.07) is 8.35. The van der Waals surface area contributed by atoms with Gasteiger partial charge in [-0.25, -0.2) is 12.8 Å². The zero-order valence-corrected chi connectivity index (χ0v) is 14.5. The molecule has 0 amide bonds. The number of nitrogens with two attached hydrogens (primary N) is 1. The third-order valence-corrected chi connectivity index (χ3v) is 5.66. The average Bonchev–Trinajstić information content (AvgIpc) is 2.57. The Labute approximate surface area is 145 Å². The second-order valence-electron chi connectivity index (χ2n) is 5.65. The first-order valence-electron chi connectivity index (χ1n) is 7.35. The highest BCUT2D eigenvalue weighted by molar-refractivity contribution is 7.89. The number of nitro groups is 1. The summed E-state index contributed by atoms with van der Waals surface area (Å²) in [5.41, 5.74) is 6.88. The Morgan fingerprint density at radius 3 is 2.36 bits per heavy atom. The SMILES string of the molecule is Cc1cc([C@H](N)CN(C)S(=O)(=O)c2ccc([N+](=O)[O-])cc2)ccc1F. The summed E-state index contributed by atoms with van der Waals surface area (Å²) in [6.45, 7) is 1.58. The predicted octanol–water partition coefficient (Wildman–Crippen LogP) is 2.36. The van der Waals surface area contributed by atoms with E-state index in [0.29, 0.717) is 11.1 Å². The number of halogens is 1. The molecular formula is C16H18FN3O4S. The molecule has 2 aromatic rings. The van der Waals surface area contributed by atoms with E-state index in [2.05, 4.69) is 0 Å². The number of nitrogens with zero attached hydrogens (tertiary/aromatic N) is 2. The van der Waals surface area contributed by atoms with E-state index in [4.69, 9.17) is 5.73 Å².